The number of unbranched alkanes of at least 4 members (excludes halogenated alkanes) is 1. The van der Waals surface area contributed by atoms with Crippen molar-refractivity contribution in [1.82, 2.24) is 14.7 Å². The van der Waals surface area contributed by atoms with Gasteiger partial charge in [0.25, 0.3) is 0 Å². The monoisotopic (exact) mass is 563 g/mol. The molecule has 3 amide bonds. The smallest absolute Gasteiger partial charge is 0.249 e. The number of rotatable bonds is 10. The van der Waals surface area contributed by atoms with Crippen LogP contribution in [-0.2, 0) is 25.7 Å². The average Bonchev–Trinajstić information content (AvgIpc) is 3.28. The van der Waals surface area contributed by atoms with E-state index in [-0.39, 0.29) is 30.2 Å². The Bertz CT molecular complexity index is 1200. The minimum Gasteiger partial charge on any atom is -0.394 e. The fraction of sp³-hybridized carbons (Fsp3) is 0.606. The standard InChI is InChI=1S/C33H45N3O5/c1-5-8-18-34-19-13-17-33-27(30(39)36(28(33)31(34)40)25(22-37)23(4)6-2)26-29(38)35(21-24-14-10-9-11-15-24)20-12-16-32(26,7-3)41-33/h9-17,23,25-28,37H,5-8,18-22H2,1-4H3/t23-,25-,26-,27-,28?,32+,33-/m0/s1. The Morgan fingerprint density at radius 3 is 2.32 bits per heavy atom. The summed E-state index contributed by atoms with van der Waals surface area (Å²) in [7, 11) is 0. The number of hydrogen-bond acceptors (Lipinski definition) is 5. The van der Waals surface area contributed by atoms with E-state index >= 15 is 0 Å². The van der Waals surface area contributed by atoms with Crippen LogP contribution in [0.15, 0.2) is 54.6 Å². The topological polar surface area (TPSA) is 90.4 Å². The van der Waals surface area contributed by atoms with E-state index < -0.39 is 35.1 Å². The molecule has 4 aliphatic heterocycles. The number of hydrogen-bond donors (Lipinski definition) is 1. The normalized spacial score (nSPS) is 32.5. The molecular formula is C33H45N3O5. The molecule has 41 heavy (non-hydrogen) atoms. The van der Waals surface area contributed by atoms with Crippen LogP contribution in [-0.4, -0.2) is 87.1 Å². The highest BCUT2D eigenvalue weighted by Gasteiger charge is 2.76. The van der Waals surface area contributed by atoms with Gasteiger partial charge in [0.2, 0.25) is 17.7 Å². The van der Waals surface area contributed by atoms with Gasteiger partial charge in [0.15, 0.2) is 0 Å². The molecule has 1 unspecified atom stereocenters. The number of ether oxygens (including phenoxy) is 1. The minimum absolute atomic E-state index is 0.0424. The molecule has 0 saturated carbocycles. The molecule has 1 N–H and O–H groups in total. The molecule has 0 radical (unpaired) electrons. The van der Waals surface area contributed by atoms with Crippen molar-refractivity contribution in [2.24, 2.45) is 17.8 Å². The van der Waals surface area contributed by atoms with Crippen LogP contribution in [0.1, 0.15) is 58.9 Å². The summed E-state index contributed by atoms with van der Waals surface area (Å²) in [5, 5.41) is 10.6. The summed E-state index contributed by atoms with van der Waals surface area (Å²) in [6, 6.07) is 8.35. The summed E-state index contributed by atoms with van der Waals surface area (Å²) in [6.07, 6.45) is 10.8. The van der Waals surface area contributed by atoms with Crippen molar-refractivity contribution in [3.8, 4) is 0 Å². The molecule has 0 bridgehead atoms. The predicted molar refractivity (Wildman–Crippen MR) is 156 cm³/mol. The van der Waals surface area contributed by atoms with E-state index in [1.165, 1.54) is 0 Å². The molecule has 4 heterocycles. The highest BCUT2D eigenvalue weighted by Crippen LogP contribution is 2.59. The summed E-state index contributed by atoms with van der Waals surface area (Å²) in [5.41, 5.74) is -1.30. The van der Waals surface area contributed by atoms with Crippen molar-refractivity contribution in [1.29, 1.82) is 0 Å². The molecule has 5 rings (SSSR count). The maximum absolute atomic E-state index is 14.7. The van der Waals surface area contributed by atoms with Crippen molar-refractivity contribution in [2.75, 3.05) is 26.2 Å². The van der Waals surface area contributed by atoms with Crippen LogP contribution in [0.4, 0.5) is 0 Å². The van der Waals surface area contributed by atoms with Crippen molar-refractivity contribution in [3.63, 3.8) is 0 Å². The summed E-state index contributed by atoms with van der Waals surface area (Å²) in [5.74, 6) is -2.27. The van der Waals surface area contributed by atoms with E-state index in [1.54, 1.807) is 9.80 Å². The van der Waals surface area contributed by atoms with Crippen LogP contribution < -0.4 is 0 Å². The Morgan fingerprint density at radius 1 is 0.951 bits per heavy atom. The Balaban J connectivity index is 1.63. The van der Waals surface area contributed by atoms with Gasteiger partial charge in [-0.25, -0.2) is 0 Å². The number of benzene rings is 1. The summed E-state index contributed by atoms with van der Waals surface area (Å²) >= 11 is 0. The third kappa shape index (κ3) is 4.73. The zero-order chi connectivity index (χ0) is 29.4. The molecular weight excluding hydrogens is 518 g/mol. The third-order valence-electron chi connectivity index (χ3n) is 9.89. The molecule has 7 atom stereocenters. The average molecular weight is 564 g/mol. The number of carbonyl (C=O) groups excluding carboxylic acids is 3. The summed E-state index contributed by atoms with van der Waals surface area (Å²) in [4.78, 5) is 48.9. The van der Waals surface area contributed by atoms with Crippen molar-refractivity contribution in [2.45, 2.75) is 83.2 Å². The summed E-state index contributed by atoms with van der Waals surface area (Å²) in [6.45, 7) is 9.68. The van der Waals surface area contributed by atoms with Crippen LogP contribution >= 0.6 is 0 Å². The molecule has 8 nitrogen and oxygen atoms in total. The fourth-order valence-corrected chi connectivity index (χ4v) is 7.46. The molecule has 0 aromatic heterocycles. The molecule has 1 aromatic carbocycles. The minimum atomic E-state index is -1.30. The molecule has 4 aliphatic rings. The highest BCUT2D eigenvalue weighted by atomic mass is 16.5. The number of nitrogens with zero attached hydrogens (tertiary/aromatic N) is 3. The SMILES string of the molecule is CCCCN1CC=C[C@]23O[C@]4(CC)C=CCN(Cc5ccccc5)C(=O)[C@@H]4[C@H]2C(=O)N([C@@H](CO)[C@@H](C)CC)C3C1=O. The fourth-order valence-electron chi connectivity index (χ4n) is 7.46. The summed E-state index contributed by atoms with van der Waals surface area (Å²) < 4.78 is 7.07. The van der Waals surface area contributed by atoms with Gasteiger partial charge in [0.05, 0.1) is 30.1 Å². The molecule has 1 spiro atoms. The van der Waals surface area contributed by atoms with E-state index in [2.05, 4.69) is 6.92 Å². The van der Waals surface area contributed by atoms with Gasteiger partial charge in [-0.3, -0.25) is 14.4 Å². The maximum Gasteiger partial charge on any atom is 0.249 e. The van der Waals surface area contributed by atoms with Crippen LogP contribution in [0.2, 0.25) is 0 Å². The Hall–Kier alpha value is -2.97. The molecule has 8 heteroatoms. The van der Waals surface area contributed by atoms with Gasteiger partial charge in [0.1, 0.15) is 11.6 Å². The second kappa shape index (κ2) is 11.7. The van der Waals surface area contributed by atoms with E-state index in [1.807, 2.05) is 80.3 Å². The quantitative estimate of drug-likeness (QED) is 0.440. The second-order valence-electron chi connectivity index (χ2n) is 12.1. The lowest BCUT2D eigenvalue weighted by molar-refractivity contribution is -0.158. The lowest BCUT2D eigenvalue weighted by atomic mass is 9.73. The molecule has 222 valence electrons. The molecule has 1 aromatic rings. The first kappa shape index (κ1) is 29.5. The zero-order valence-corrected chi connectivity index (χ0v) is 24.9. The van der Waals surface area contributed by atoms with Crippen LogP contribution in [0.3, 0.4) is 0 Å². The Kier molecular flexibility index (Phi) is 8.44. The number of aliphatic hydroxyl groups excluding tert-OH is 1. The van der Waals surface area contributed by atoms with Crippen LogP contribution in [0.5, 0.6) is 0 Å². The Morgan fingerprint density at radius 2 is 1.66 bits per heavy atom. The first-order valence-electron chi connectivity index (χ1n) is 15.4. The maximum atomic E-state index is 14.7. The molecule has 0 aliphatic carbocycles. The number of likely N-dealkylation sites (tertiary alicyclic amines) is 1. The zero-order valence-electron chi connectivity index (χ0n) is 24.9. The Labute approximate surface area is 244 Å². The van der Waals surface area contributed by atoms with Gasteiger partial charge in [-0.05, 0) is 24.3 Å². The highest BCUT2D eigenvalue weighted by molar-refractivity contribution is 6.00. The van der Waals surface area contributed by atoms with Gasteiger partial charge in [-0.15, -0.1) is 0 Å². The van der Waals surface area contributed by atoms with Gasteiger partial charge < -0.3 is 24.5 Å². The third-order valence-corrected chi connectivity index (χ3v) is 9.89. The van der Waals surface area contributed by atoms with Gasteiger partial charge in [-0.2, -0.15) is 0 Å². The molecule has 2 fully saturated rings. The van der Waals surface area contributed by atoms with E-state index in [4.69, 9.17) is 4.74 Å². The second-order valence-corrected chi connectivity index (χ2v) is 12.1. The van der Waals surface area contributed by atoms with Crippen LogP contribution in [0.25, 0.3) is 0 Å². The number of aliphatic hydroxyl groups is 1. The number of amides is 3. The number of fused-ring (bicyclic) bond motifs is 2. The first-order chi connectivity index (χ1) is 19.8. The van der Waals surface area contributed by atoms with E-state index in [0.717, 1.165) is 24.8 Å². The van der Waals surface area contributed by atoms with Crippen molar-refractivity contribution >= 4 is 17.7 Å². The lowest BCUT2D eigenvalue weighted by Crippen LogP contribution is -2.60. The van der Waals surface area contributed by atoms with Gasteiger partial charge >= 0.3 is 0 Å². The lowest BCUT2D eigenvalue weighted by Gasteiger charge is -2.42. The van der Waals surface area contributed by atoms with Crippen molar-refractivity contribution in [3.05, 3.63) is 60.2 Å². The molecule has 2 saturated heterocycles. The number of carbonyl (C=O) groups is 3. The predicted octanol–water partition coefficient (Wildman–Crippen LogP) is 3.55. The first-order valence-corrected chi connectivity index (χ1v) is 15.4. The van der Waals surface area contributed by atoms with Crippen LogP contribution in [0, 0.1) is 17.8 Å². The van der Waals surface area contributed by atoms with Gasteiger partial charge in [-0.1, -0.05) is 95.2 Å². The van der Waals surface area contributed by atoms with E-state index in [0.29, 0.717) is 32.6 Å². The largest absolute Gasteiger partial charge is 0.394 e. The van der Waals surface area contributed by atoms with E-state index in [9.17, 15) is 19.5 Å². The van der Waals surface area contributed by atoms with Crippen molar-refractivity contribution < 1.29 is 24.2 Å². The van der Waals surface area contributed by atoms with Gasteiger partial charge in [0, 0.05) is 26.2 Å².